The fraction of sp³-hybridized carbons (Fsp3) is 0.286. The van der Waals surface area contributed by atoms with Crippen molar-refractivity contribution in [2.24, 2.45) is 0 Å². The van der Waals surface area contributed by atoms with E-state index in [1.54, 1.807) is 6.07 Å². The predicted octanol–water partition coefficient (Wildman–Crippen LogP) is 3.72. The molecule has 100 valence electrons. The third-order valence-corrected chi connectivity index (χ3v) is 3.44. The number of aromatic nitrogens is 2. The number of aromatic amines is 1. The van der Waals surface area contributed by atoms with Crippen molar-refractivity contribution in [3.8, 4) is 0 Å². The first-order chi connectivity index (χ1) is 8.88. The second kappa shape index (κ2) is 5.17. The average Bonchev–Trinajstić information content (AvgIpc) is 2.77. The largest absolute Gasteiger partial charge is 0.305 e. The summed E-state index contributed by atoms with van der Waals surface area (Å²) in [5.41, 5.74) is 1.54. The van der Waals surface area contributed by atoms with E-state index in [4.69, 9.17) is 0 Å². The summed E-state index contributed by atoms with van der Waals surface area (Å²) in [6, 6.07) is 9.14. The lowest BCUT2D eigenvalue weighted by atomic mass is 9.92. The van der Waals surface area contributed by atoms with Gasteiger partial charge in [0.1, 0.15) is 0 Å². The number of benzene rings is 1. The third kappa shape index (κ3) is 3.23. The summed E-state index contributed by atoms with van der Waals surface area (Å²) in [7, 11) is 0. The second-order valence-electron chi connectivity index (χ2n) is 5.35. The van der Waals surface area contributed by atoms with Gasteiger partial charge in [-0.2, -0.15) is 5.10 Å². The Labute approximate surface area is 120 Å². The van der Waals surface area contributed by atoms with Crippen molar-refractivity contribution in [3.63, 3.8) is 0 Å². The molecule has 1 heterocycles. The van der Waals surface area contributed by atoms with Crippen molar-refractivity contribution in [1.82, 2.24) is 10.2 Å². The molecular weight excluding hydrogens is 306 g/mol. The number of halogens is 1. The molecule has 0 radical (unpaired) electrons. The van der Waals surface area contributed by atoms with Gasteiger partial charge in [0.15, 0.2) is 5.82 Å². The molecule has 0 aliphatic carbocycles. The van der Waals surface area contributed by atoms with Crippen LogP contribution in [0.3, 0.4) is 0 Å². The number of carbonyl (C=O) groups is 1. The van der Waals surface area contributed by atoms with Gasteiger partial charge in [-0.15, -0.1) is 0 Å². The number of nitrogens with zero attached hydrogens (tertiary/aromatic N) is 1. The Morgan fingerprint density at radius 3 is 2.58 bits per heavy atom. The molecular formula is C14H16BrN3O. The van der Waals surface area contributed by atoms with Crippen LogP contribution in [-0.4, -0.2) is 16.1 Å². The van der Waals surface area contributed by atoms with Crippen molar-refractivity contribution in [2.45, 2.75) is 26.2 Å². The molecule has 2 rings (SSSR count). The van der Waals surface area contributed by atoms with Crippen molar-refractivity contribution < 1.29 is 4.79 Å². The predicted molar refractivity (Wildman–Crippen MR) is 79.4 cm³/mol. The van der Waals surface area contributed by atoms with Crippen LogP contribution in [0.5, 0.6) is 0 Å². The Bertz CT molecular complexity index is 599. The Balaban J connectivity index is 2.16. The molecule has 0 aliphatic rings. The molecule has 0 unspecified atom stereocenters. The van der Waals surface area contributed by atoms with Gasteiger partial charge >= 0.3 is 0 Å². The maximum Gasteiger partial charge on any atom is 0.258 e. The number of nitrogens with one attached hydrogen (secondary N) is 2. The van der Waals surface area contributed by atoms with Crippen LogP contribution < -0.4 is 5.32 Å². The summed E-state index contributed by atoms with van der Waals surface area (Å²) >= 11 is 3.36. The number of amides is 1. The lowest BCUT2D eigenvalue weighted by Gasteiger charge is -2.14. The number of rotatable bonds is 2. The molecule has 0 bridgehead atoms. The van der Waals surface area contributed by atoms with E-state index in [0.717, 1.165) is 10.2 Å². The average molecular weight is 322 g/mol. The molecule has 5 heteroatoms. The molecule has 0 saturated heterocycles. The quantitative estimate of drug-likeness (QED) is 0.885. The fourth-order valence-corrected chi connectivity index (χ4v) is 2.06. The smallest absolute Gasteiger partial charge is 0.258 e. The number of carbonyl (C=O) groups excluding carboxylic acids is 1. The van der Waals surface area contributed by atoms with Gasteiger partial charge in [-0.25, -0.2) is 0 Å². The summed E-state index contributed by atoms with van der Waals surface area (Å²) in [6.07, 6.45) is 0. The van der Waals surface area contributed by atoms with E-state index in [-0.39, 0.29) is 11.3 Å². The summed E-state index contributed by atoms with van der Waals surface area (Å²) in [5.74, 6) is 0.352. The van der Waals surface area contributed by atoms with Gasteiger partial charge in [0.05, 0.1) is 5.56 Å². The number of hydrogen-bond donors (Lipinski definition) is 2. The lowest BCUT2D eigenvalue weighted by molar-refractivity contribution is 0.102. The zero-order valence-corrected chi connectivity index (χ0v) is 12.7. The maximum absolute atomic E-state index is 12.1. The Hall–Kier alpha value is -1.62. The van der Waals surface area contributed by atoms with Crippen molar-refractivity contribution >= 4 is 27.7 Å². The van der Waals surface area contributed by atoms with E-state index >= 15 is 0 Å². The molecule has 2 N–H and O–H groups in total. The first-order valence-electron chi connectivity index (χ1n) is 6.00. The highest BCUT2D eigenvalue weighted by Gasteiger charge is 2.18. The molecule has 1 aromatic heterocycles. The Morgan fingerprint density at radius 2 is 2.00 bits per heavy atom. The first kappa shape index (κ1) is 13.8. The zero-order chi connectivity index (χ0) is 14.0. The van der Waals surface area contributed by atoms with Gasteiger partial charge in [0.2, 0.25) is 0 Å². The fourth-order valence-electron chi connectivity index (χ4n) is 1.60. The van der Waals surface area contributed by atoms with E-state index in [0.29, 0.717) is 11.4 Å². The van der Waals surface area contributed by atoms with E-state index in [9.17, 15) is 4.79 Å². The summed E-state index contributed by atoms with van der Waals surface area (Å²) in [5, 5.41) is 9.83. The third-order valence-electron chi connectivity index (χ3n) is 2.75. The molecule has 0 saturated carbocycles. The van der Waals surface area contributed by atoms with Gasteiger partial charge in [0, 0.05) is 21.6 Å². The highest BCUT2D eigenvalue weighted by molar-refractivity contribution is 9.10. The highest BCUT2D eigenvalue weighted by atomic mass is 79.9. The zero-order valence-electron chi connectivity index (χ0n) is 11.1. The molecule has 1 aromatic carbocycles. The highest BCUT2D eigenvalue weighted by Crippen LogP contribution is 2.23. The normalized spacial score (nSPS) is 11.4. The second-order valence-corrected chi connectivity index (χ2v) is 6.21. The van der Waals surface area contributed by atoms with Crippen LogP contribution in [0.2, 0.25) is 0 Å². The van der Waals surface area contributed by atoms with Gasteiger partial charge in [0.25, 0.3) is 5.91 Å². The molecule has 19 heavy (non-hydrogen) atoms. The molecule has 2 aromatic rings. The van der Waals surface area contributed by atoms with Gasteiger partial charge in [-0.1, -0.05) is 32.9 Å². The van der Waals surface area contributed by atoms with Crippen molar-refractivity contribution in [3.05, 3.63) is 46.1 Å². The Morgan fingerprint density at radius 1 is 1.32 bits per heavy atom. The van der Waals surface area contributed by atoms with Crippen LogP contribution in [0.1, 0.15) is 36.8 Å². The van der Waals surface area contributed by atoms with E-state index < -0.39 is 0 Å². The summed E-state index contributed by atoms with van der Waals surface area (Å²) < 4.78 is 0.763. The SMILES string of the molecule is CC(C)(C)c1cc(NC(=O)c2ccccc2Br)n[nH]1. The summed E-state index contributed by atoms with van der Waals surface area (Å²) in [6.45, 7) is 6.25. The minimum atomic E-state index is -0.181. The van der Waals surface area contributed by atoms with Crippen LogP contribution in [0.15, 0.2) is 34.8 Å². The van der Waals surface area contributed by atoms with E-state index in [2.05, 4.69) is 52.2 Å². The lowest BCUT2D eigenvalue weighted by Crippen LogP contribution is -2.13. The minimum Gasteiger partial charge on any atom is -0.305 e. The van der Waals surface area contributed by atoms with Crippen LogP contribution in [-0.2, 0) is 5.41 Å². The molecule has 0 spiro atoms. The molecule has 0 fully saturated rings. The number of H-pyrrole nitrogens is 1. The maximum atomic E-state index is 12.1. The molecule has 0 atom stereocenters. The number of anilines is 1. The van der Waals surface area contributed by atoms with E-state index in [1.165, 1.54) is 0 Å². The van der Waals surface area contributed by atoms with Crippen LogP contribution in [0.4, 0.5) is 5.82 Å². The van der Waals surface area contributed by atoms with Gasteiger partial charge in [-0.05, 0) is 28.1 Å². The monoisotopic (exact) mass is 321 g/mol. The molecule has 1 amide bonds. The van der Waals surface area contributed by atoms with Crippen molar-refractivity contribution in [2.75, 3.05) is 5.32 Å². The standard InChI is InChI=1S/C14H16BrN3O/c1-14(2,3)11-8-12(18-17-11)16-13(19)9-6-4-5-7-10(9)15/h4-8H,1-3H3,(H2,16,17,18,19). The van der Waals surface area contributed by atoms with Crippen LogP contribution in [0.25, 0.3) is 0 Å². The first-order valence-corrected chi connectivity index (χ1v) is 6.79. The van der Waals surface area contributed by atoms with Crippen molar-refractivity contribution in [1.29, 1.82) is 0 Å². The van der Waals surface area contributed by atoms with E-state index in [1.807, 2.05) is 24.3 Å². The minimum absolute atomic E-state index is 0.0245. The molecule has 0 aliphatic heterocycles. The van der Waals surface area contributed by atoms with Gasteiger partial charge in [-0.3, -0.25) is 9.89 Å². The Kier molecular flexibility index (Phi) is 3.75. The number of hydrogen-bond acceptors (Lipinski definition) is 2. The molecule has 4 nitrogen and oxygen atoms in total. The summed E-state index contributed by atoms with van der Waals surface area (Å²) in [4.78, 5) is 12.1. The topological polar surface area (TPSA) is 57.8 Å². The van der Waals surface area contributed by atoms with Crippen LogP contribution in [0, 0.1) is 0 Å². The van der Waals surface area contributed by atoms with Gasteiger partial charge < -0.3 is 5.32 Å². The van der Waals surface area contributed by atoms with Crippen LogP contribution >= 0.6 is 15.9 Å².